The summed E-state index contributed by atoms with van der Waals surface area (Å²) in [7, 11) is 0. The van der Waals surface area contributed by atoms with Crippen LogP contribution in [-0.4, -0.2) is 0 Å². The Morgan fingerprint density at radius 3 is 2.32 bits per heavy atom. The number of nitriles is 1. The van der Waals surface area contributed by atoms with Crippen molar-refractivity contribution in [2.45, 2.75) is 27.7 Å². The molecular formula is C36H25N3S2. The van der Waals surface area contributed by atoms with Crippen LogP contribution in [0.15, 0.2) is 78.5 Å². The zero-order chi connectivity index (χ0) is 28.4. The number of aryl methyl sites for hydroxylation is 3. The van der Waals surface area contributed by atoms with Crippen molar-refractivity contribution in [3.63, 3.8) is 0 Å². The molecule has 0 N–H and O–H groups in total. The molecule has 7 rings (SSSR count). The fourth-order valence-electron chi connectivity index (χ4n) is 5.90. The van der Waals surface area contributed by atoms with Crippen LogP contribution in [0.2, 0.25) is 0 Å². The van der Waals surface area contributed by atoms with Crippen LogP contribution in [0.25, 0.3) is 52.7 Å². The summed E-state index contributed by atoms with van der Waals surface area (Å²) in [6.45, 7) is 15.9. The van der Waals surface area contributed by atoms with Gasteiger partial charge < -0.3 is 4.90 Å². The van der Waals surface area contributed by atoms with Gasteiger partial charge in [0.2, 0.25) is 0 Å². The van der Waals surface area contributed by atoms with Gasteiger partial charge in [-0.1, -0.05) is 36.4 Å². The van der Waals surface area contributed by atoms with E-state index in [1.807, 2.05) is 6.07 Å². The standard InChI is InChI=1S/C36H25N3S2/c1-20-9-10-27-29-7-6-8-30-28(33-18-35-34(41-33)17-26(40-35)16-24(19-37)38-5)11-12-31(36(29)30)39(32(27)13-20)25-14-21(2)23(4)22(3)15-25/h6-18H,1-4H3/b24-16-. The summed E-state index contributed by atoms with van der Waals surface area (Å²) in [5.74, 6) is 0. The summed E-state index contributed by atoms with van der Waals surface area (Å²) in [5.41, 5.74) is 12.6. The minimum absolute atomic E-state index is 0.113. The van der Waals surface area contributed by atoms with E-state index < -0.39 is 0 Å². The molecule has 41 heavy (non-hydrogen) atoms. The van der Waals surface area contributed by atoms with Crippen LogP contribution in [0.4, 0.5) is 17.1 Å². The zero-order valence-corrected chi connectivity index (χ0v) is 24.8. The fourth-order valence-corrected chi connectivity index (χ4v) is 8.28. The third-order valence-corrected chi connectivity index (χ3v) is 10.4. The summed E-state index contributed by atoms with van der Waals surface area (Å²) in [6, 6.07) is 28.9. The molecule has 0 fully saturated rings. The molecule has 0 bridgehead atoms. The van der Waals surface area contributed by atoms with Gasteiger partial charge in [0.1, 0.15) is 0 Å². The second kappa shape index (κ2) is 9.46. The van der Waals surface area contributed by atoms with E-state index in [4.69, 9.17) is 11.8 Å². The average Bonchev–Trinajstić information content (AvgIpc) is 3.53. The monoisotopic (exact) mass is 563 g/mol. The molecule has 0 atom stereocenters. The SMILES string of the molecule is [C-]#[N+]/C(C#N)=C\c1cc2sc(-c3ccc4c5c(cccc35)-c3ccc(C)cc3N4c3cc(C)c(C)c(C)c3)cc2s1. The molecule has 196 valence electrons. The van der Waals surface area contributed by atoms with Crippen LogP contribution in [0.5, 0.6) is 0 Å². The number of fused-ring (bicyclic) bond motifs is 3. The number of allylic oxidation sites excluding steroid dienone is 1. The maximum Gasteiger partial charge on any atom is 0.263 e. The molecule has 0 spiro atoms. The van der Waals surface area contributed by atoms with Gasteiger partial charge in [-0.25, -0.2) is 10.1 Å². The molecule has 2 aromatic heterocycles. The van der Waals surface area contributed by atoms with Crippen LogP contribution in [0.1, 0.15) is 27.1 Å². The van der Waals surface area contributed by atoms with Gasteiger partial charge in [-0.05, 0) is 109 Å². The molecule has 0 saturated heterocycles. The second-order valence-electron chi connectivity index (χ2n) is 10.7. The maximum absolute atomic E-state index is 9.15. The number of hydrogen-bond donors (Lipinski definition) is 0. The lowest BCUT2D eigenvalue weighted by Crippen LogP contribution is -2.16. The van der Waals surface area contributed by atoms with Gasteiger partial charge in [-0.2, -0.15) is 0 Å². The lowest BCUT2D eigenvalue weighted by atomic mass is 9.88. The van der Waals surface area contributed by atoms with E-state index in [0.29, 0.717) is 0 Å². The Morgan fingerprint density at radius 2 is 1.59 bits per heavy atom. The molecule has 6 aromatic rings. The van der Waals surface area contributed by atoms with Crippen LogP contribution in [0, 0.1) is 45.6 Å². The molecule has 3 nitrogen and oxygen atoms in total. The number of hydrogen-bond acceptors (Lipinski definition) is 4. The molecule has 0 saturated carbocycles. The lowest BCUT2D eigenvalue weighted by Gasteiger charge is -2.34. The molecule has 4 aromatic carbocycles. The summed E-state index contributed by atoms with van der Waals surface area (Å²) in [6.07, 6.45) is 1.68. The Hall–Kier alpha value is -4.68. The molecule has 0 unspecified atom stereocenters. The van der Waals surface area contributed by atoms with E-state index in [9.17, 15) is 0 Å². The number of rotatable bonds is 3. The van der Waals surface area contributed by atoms with Gasteiger partial charge in [-0.15, -0.1) is 22.7 Å². The number of benzene rings is 4. The molecule has 3 heterocycles. The van der Waals surface area contributed by atoms with Crippen molar-refractivity contribution in [3.8, 4) is 27.6 Å². The first kappa shape index (κ1) is 25.3. The van der Waals surface area contributed by atoms with Crippen LogP contribution in [0.3, 0.4) is 0 Å². The molecule has 1 aliphatic rings. The minimum atomic E-state index is 0.113. The van der Waals surface area contributed by atoms with Crippen molar-refractivity contribution in [1.29, 1.82) is 5.26 Å². The van der Waals surface area contributed by atoms with E-state index in [1.54, 1.807) is 28.7 Å². The van der Waals surface area contributed by atoms with Crippen LogP contribution >= 0.6 is 22.7 Å². The predicted octanol–water partition coefficient (Wildman–Crippen LogP) is 11.3. The second-order valence-corrected chi connectivity index (χ2v) is 12.9. The molecule has 1 aliphatic heterocycles. The molecule has 0 amide bonds. The Balaban J connectivity index is 1.45. The Bertz CT molecular complexity index is 2110. The molecule has 0 aliphatic carbocycles. The lowest BCUT2D eigenvalue weighted by molar-refractivity contribution is 1.21. The first-order valence-electron chi connectivity index (χ1n) is 13.4. The highest BCUT2D eigenvalue weighted by Gasteiger charge is 2.28. The van der Waals surface area contributed by atoms with Crippen molar-refractivity contribution in [2.75, 3.05) is 4.90 Å². The third kappa shape index (κ3) is 3.98. The summed E-state index contributed by atoms with van der Waals surface area (Å²) < 4.78 is 2.35. The largest absolute Gasteiger partial charge is 0.309 e. The highest BCUT2D eigenvalue weighted by atomic mass is 32.1. The Labute approximate surface area is 247 Å². The van der Waals surface area contributed by atoms with Gasteiger partial charge in [0.25, 0.3) is 5.70 Å². The molecular weight excluding hydrogens is 539 g/mol. The Kier molecular flexibility index (Phi) is 5.84. The first-order chi connectivity index (χ1) is 19.9. The van der Waals surface area contributed by atoms with Gasteiger partial charge >= 0.3 is 0 Å². The van der Waals surface area contributed by atoms with E-state index in [2.05, 4.69) is 110 Å². The van der Waals surface area contributed by atoms with E-state index in [0.717, 1.165) is 4.88 Å². The highest BCUT2D eigenvalue weighted by molar-refractivity contribution is 7.29. The van der Waals surface area contributed by atoms with Crippen molar-refractivity contribution >= 4 is 66.0 Å². The minimum Gasteiger partial charge on any atom is -0.309 e. The van der Waals surface area contributed by atoms with Crippen molar-refractivity contribution < 1.29 is 0 Å². The van der Waals surface area contributed by atoms with Crippen LogP contribution in [-0.2, 0) is 0 Å². The van der Waals surface area contributed by atoms with Gasteiger partial charge in [-0.3, -0.25) is 0 Å². The quantitative estimate of drug-likeness (QED) is 0.158. The van der Waals surface area contributed by atoms with E-state index >= 15 is 0 Å². The van der Waals surface area contributed by atoms with Crippen LogP contribution < -0.4 is 4.90 Å². The smallest absolute Gasteiger partial charge is 0.263 e. The fraction of sp³-hybridized carbons (Fsp3) is 0.111. The zero-order valence-electron chi connectivity index (χ0n) is 23.2. The molecule has 0 radical (unpaired) electrons. The van der Waals surface area contributed by atoms with Crippen molar-refractivity contribution in [1.82, 2.24) is 0 Å². The maximum atomic E-state index is 9.15. The van der Waals surface area contributed by atoms with E-state index in [-0.39, 0.29) is 5.70 Å². The topological polar surface area (TPSA) is 31.4 Å². The Morgan fingerprint density at radius 1 is 0.829 bits per heavy atom. The van der Waals surface area contributed by atoms with Gasteiger partial charge in [0.15, 0.2) is 0 Å². The number of nitrogens with zero attached hydrogens (tertiary/aromatic N) is 3. The molecule has 5 heteroatoms. The summed E-state index contributed by atoms with van der Waals surface area (Å²) in [4.78, 5) is 7.91. The summed E-state index contributed by atoms with van der Waals surface area (Å²) >= 11 is 3.39. The number of thiophene rings is 2. The van der Waals surface area contributed by atoms with Gasteiger partial charge in [0, 0.05) is 35.8 Å². The van der Waals surface area contributed by atoms with E-state index in [1.165, 1.54) is 81.1 Å². The van der Waals surface area contributed by atoms with Crippen molar-refractivity contribution in [2.24, 2.45) is 0 Å². The third-order valence-electron chi connectivity index (χ3n) is 8.12. The van der Waals surface area contributed by atoms with Crippen molar-refractivity contribution in [3.05, 3.63) is 117 Å². The summed E-state index contributed by atoms with van der Waals surface area (Å²) in [5, 5.41) is 11.7. The van der Waals surface area contributed by atoms with Gasteiger partial charge in [0.05, 0.1) is 24.0 Å². The number of anilines is 3. The average molecular weight is 564 g/mol. The normalized spacial score (nSPS) is 12.4. The predicted molar refractivity (Wildman–Crippen MR) is 175 cm³/mol. The highest BCUT2D eigenvalue weighted by Crippen LogP contribution is 2.53. The first-order valence-corrected chi connectivity index (χ1v) is 15.1.